The van der Waals surface area contributed by atoms with Gasteiger partial charge in [-0.1, -0.05) is 30.3 Å². The second-order valence-electron chi connectivity index (χ2n) is 2.67. The third kappa shape index (κ3) is 1.64. The molecule has 1 aromatic carbocycles. The molecule has 0 N–H and O–H groups in total. The molecular weight excluding hydrogens is 164 g/mol. The van der Waals surface area contributed by atoms with E-state index in [4.69, 9.17) is 0 Å². The third-order valence-corrected chi connectivity index (χ3v) is 1.76. The molecule has 0 bridgehead atoms. The maximum atomic E-state index is 10.7. The Balaban J connectivity index is 2.42. The van der Waals surface area contributed by atoms with Gasteiger partial charge in [0.1, 0.15) is 0 Å². The molecule has 2 aromatic rings. The summed E-state index contributed by atoms with van der Waals surface area (Å²) in [4.78, 5) is 4.00. The second-order valence-corrected chi connectivity index (χ2v) is 2.67. The van der Waals surface area contributed by atoms with Gasteiger partial charge >= 0.3 is 0 Å². The van der Waals surface area contributed by atoms with Gasteiger partial charge in [0.25, 0.3) is 6.33 Å². The first kappa shape index (κ1) is 7.73. The maximum absolute atomic E-state index is 10.7. The summed E-state index contributed by atoms with van der Waals surface area (Å²) in [7, 11) is 0. The van der Waals surface area contributed by atoms with Gasteiger partial charge in [0.15, 0.2) is 5.69 Å². The molecule has 3 heteroatoms. The highest BCUT2D eigenvalue weighted by molar-refractivity contribution is 5.57. The summed E-state index contributed by atoms with van der Waals surface area (Å²) in [5, 5.41) is 10.7. The van der Waals surface area contributed by atoms with Crippen molar-refractivity contribution in [2.45, 2.75) is 0 Å². The van der Waals surface area contributed by atoms with Gasteiger partial charge in [-0.3, -0.25) is 0 Å². The molecule has 0 radical (unpaired) electrons. The van der Waals surface area contributed by atoms with Crippen LogP contribution in [0.25, 0.3) is 11.3 Å². The Hall–Kier alpha value is -1.90. The maximum Gasteiger partial charge on any atom is 0.289 e. The second kappa shape index (κ2) is 3.23. The Morgan fingerprint density at radius 3 is 2.46 bits per heavy atom. The third-order valence-electron chi connectivity index (χ3n) is 1.76. The summed E-state index contributed by atoms with van der Waals surface area (Å²) in [6, 6.07) is 11.4. The van der Waals surface area contributed by atoms with E-state index in [9.17, 15) is 5.21 Å². The van der Waals surface area contributed by atoms with E-state index in [1.165, 1.54) is 12.5 Å². The van der Waals surface area contributed by atoms with Crippen LogP contribution in [0, 0.1) is 5.21 Å². The fourth-order valence-corrected chi connectivity index (χ4v) is 1.12. The minimum Gasteiger partial charge on any atom is -0.711 e. The number of nitrogens with zero attached hydrogens (tertiary/aromatic N) is 2. The van der Waals surface area contributed by atoms with Crippen LogP contribution >= 0.6 is 0 Å². The van der Waals surface area contributed by atoms with Crippen LogP contribution in [0.2, 0.25) is 0 Å². The van der Waals surface area contributed by atoms with Crippen LogP contribution in [0.4, 0.5) is 0 Å². The molecule has 3 nitrogen and oxygen atoms in total. The monoisotopic (exact) mass is 172 g/mol. The van der Waals surface area contributed by atoms with E-state index in [0.717, 1.165) is 11.3 Å². The minimum absolute atomic E-state index is 0.673. The molecule has 0 saturated heterocycles. The van der Waals surface area contributed by atoms with E-state index in [1.54, 1.807) is 6.07 Å². The molecule has 2 rings (SSSR count). The highest BCUT2D eigenvalue weighted by atomic mass is 16.5. The zero-order valence-corrected chi connectivity index (χ0v) is 6.92. The quantitative estimate of drug-likeness (QED) is 0.481. The minimum atomic E-state index is 0.673. The van der Waals surface area contributed by atoms with E-state index < -0.39 is 0 Å². The molecule has 0 saturated carbocycles. The highest BCUT2D eigenvalue weighted by Crippen LogP contribution is 2.13. The summed E-state index contributed by atoms with van der Waals surface area (Å²) in [5.41, 5.74) is 1.83. The fourth-order valence-electron chi connectivity index (χ4n) is 1.12. The van der Waals surface area contributed by atoms with Gasteiger partial charge < -0.3 is 5.21 Å². The van der Waals surface area contributed by atoms with Crippen molar-refractivity contribution in [1.29, 1.82) is 0 Å². The fraction of sp³-hybridized carbons (Fsp3) is 0. The van der Waals surface area contributed by atoms with Crippen LogP contribution in [0.5, 0.6) is 0 Å². The molecule has 0 amide bonds. The molecule has 0 atom stereocenters. The van der Waals surface area contributed by atoms with E-state index >= 15 is 0 Å². The molecule has 0 aliphatic heterocycles. The molecule has 0 spiro atoms. The molecule has 0 unspecified atom stereocenters. The predicted octanol–water partition coefficient (Wildman–Crippen LogP) is 1.38. The first-order valence-corrected chi connectivity index (χ1v) is 3.96. The van der Waals surface area contributed by atoms with Gasteiger partial charge in [0.2, 0.25) is 0 Å². The number of rotatable bonds is 1. The smallest absolute Gasteiger partial charge is 0.289 e. The predicted molar refractivity (Wildman–Crippen MR) is 48.6 cm³/mol. The van der Waals surface area contributed by atoms with Crippen molar-refractivity contribution in [1.82, 2.24) is 4.98 Å². The van der Waals surface area contributed by atoms with Crippen molar-refractivity contribution in [2.75, 3.05) is 0 Å². The van der Waals surface area contributed by atoms with Gasteiger partial charge in [-0.15, -0.1) is 0 Å². The average molecular weight is 172 g/mol. The number of hydrogen-bond acceptors (Lipinski definition) is 2. The molecule has 1 aromatic heterocycles. The van der Waals surface area contributed by atoms with Crippen LogP contribution < -0.4 is 4.73 Å². The Labute approximate surface area is 75.9 Å². The topological polar surface area (TPSA) is 39.8 Å². The van der Waals surface area contributed by atoms with Crippen molar-refractivity contribution in [3.8, 4) is 11.3 Å². The summed E-state index contributed by atoms with van der Waals surface area (Å²) >= 11 is 0. The summed E-state index contributed by atoms with van der Waals surface area (Å²) in [6.45, 7) is 0. The van der Waals surface area contributed by atoms with Crippen molar-refractivity contribution in [2.24, 2.45) is 0 Å². The van der Waals surface area contributed by atoms with E-state index in [-0.39, 0.29) is 0 Å². The van der Waals surface area contributed by atoms with Crippen LogP contribution in [0.3, 0.4) is 0 Å². The Morgan fingerprint density at radius 1 is 1.08 bits per heavy atom. The first-order valence-electron chi connectivity index (χ1n) is 3.96. The Kier molecular flexibility index (Phi) is 1.92. The van der Waals surface area contributed by atoms with Crippen LogP contribution in [0.1, 0.15) is 0 Å². The van der Waals surface area contributed by atoms with Crippen LogP contribution in [-0.4, -0.2) is 4.98 Å². The van der Waals surface area contributed by atoms with Crippen LogP contribution in [0.15, 0.2) is 48.9 Å². The van der Waals surface area contributed by atoms with Crippen LogP contribution in [-0.2, 0) is 0 Å². The lowest BCUT2D eigenvalue weighted by atomic mass is 10.1. The SMILES string of the molecule is [O-][n+]1ccc(-c2ccccc2)nc1. The van der Waals surface area contributed by atoms with Gasteiger partial charge in [0, 0.05) is 11.6 Å². The first-order chi connectivity index (χ1) is 6.36. The van der Waals surface area contributed by atoms with Gasteiger partial charge in [0.05, 0.1) is 6.20 Å². The zero-order chi connectivity index (χ0) is 9.10. The van der Waals surface area contributed by atoms with Gasteiger partial charge in [-0.2, -0.15) is 0 Å². The molecule has 0 aliphatic carbocycles. The van der Waals surface area contributed by atoms with Gasteiger partial charge in [-0.05, 0) is 4.98 Å². The van der Waals surface area contributed by atoms with Crippen molar-refractivity contribution in [3.63, 3.8) is 0 Å². The van der Waals surface area contributed by atoms with E-state index in [0.29, 0.717) is 4.73 Å². The Morgan fingerprint density at radius 2 is 1.85 bits per heavy atom. The summed E-state index contributed by atoms with van der Waals surface area (Å²) in [6.07, 6.45) is 2.69. The normalized spacial score (nSPS) is 9.85. The molecule has 64 valence electrons. The molecule has 13 heavy (non-hydrogen) atoms. The largest absolute Gasteiger partial charge is 0.711 e. The van der Waals surface area contributed by atoms with Crippen molar-refractivity contribution >= 4 is 0 Å². The molecule has 0 aliphatic rings. The van der Waals surface area contributed by atoms with E-state index in [1.807, 2.05) is 30.3 Å². The van der Waals surface area contributed by atoms with Crippen molar-refractivity contribution in [3.05, 3.63) is 54.1 Å². The summed E-state index contributed by atoms with van der Waals surface area (Å²) < 4.78 is 0.673. The highest BCUT2D eigenvalue weighted by Gasteiger charge is 2.01. The number of hydrogen-bond donors (Lipinski definition) is 0. The Bertz CT molecular complexity index is 383. The molecule has 1 heterocycles. The lowest BCUT2D eigenvalue weighted by molar-refractivity contribution is -0.608. The molecular formula is C10H8N2O. The summed E-state index contributed by atoms with van der Waals surface area (Å²) in [5.74, 6) is 0. The van der Waals surface area contributed by atoms with E-state index in [2.05, 4.69) is 4.98 Å². The standard InChI is InChI=1S/C10H8N2O/c13-12-7-6-10(11-8-12)9-4-2-1-3-5-9/h1-8H. The molecule has 0 fully saturated rings. The van der Waals surface area contributed by atoms with Gasteiger partial charge in [-0.25, -0.2) is 4.73 Å². The lowest BCUT2D eigenvalue weighted by Crippen LogP contribution is -2.24. The average Bonchev–Trinajstić information content (AvgIpc) is 2.20. The lowest BCUT2D eigenvalue weighted by Gasteiger charge is -1.98. The van der Waals surface area contributed by atoms with Crippen molar-refractivity contribution < 1.29 is 4.73 Å². The zero-order valence-electron chi connectivity index (χ0n) is 6.92. The number of benzene rings is 1. The number of aromatic nitrogens is 2.